The van der Waals surface area contributed by atoms with Crippen molar-refractivity contribution in [3.63, 3.8) is 0 Å². The molecule has 0 aliphatic rings. The molecule has 8 heteroatoms. The summed E-state index contributed by atoms with van der Waals surface area (Å²) < 4.78 is 31.3. The van der Waals surface area contributed by atoms with Crippen LogP contribution in [0, 0.1) is 0 Å². The number of nitrogens with zero attached hydrogens (tertiary/aromatic N) is 1. The number of sulfonamides is 1. The first-order valence-corrected chi connectivity index (χ1v) is 11.1. The summed E-state index contributed by atoms with van der Waals surface area (Å²) in [7, 11) is -3.69. The fraction of sp³-hybridized carbons (Fsp3) is 0.350. The number of hydrogen-bond acceptors (Lipinski definition) is 4. The third-order valence-corrected chi connectivity index (χ3v) is 5.36. The summed E-state index contributed by atoms with van der Waals surface area (Å²) in [4.78, 5) is 12.6. The van der Waals surface area contributed by atoms with Gasteiger partial charge in [0.15, 0.2) is 0 Å². The molecule has 6 nitrogen and oxygen atoms in total. The van der Waals surface area contributed by atoms with Gasteiger partial charge in [0.05, 0.1) is 18.0 Å². The number of nitrogens with one attached hydrogen (secondary N) is 1. The Hall–Kier alpha value is -2.25. The van der Waals surface area contributed by atoms with Gasteiger partial charge >= 0.3 is 0 Å². The summed E-state index contributed by atoms with van der Waals surface area (Å²) in [5, 5.41) is 3.17. The van der Waals surface area contributed by atoms with Crippen LogP contribution in [0.2, 0.25) is 5.02 Å². The van der Waals surface area contributed by atoms with Gasteiger partial charge < -0.3 is 10.1 Å². The largest absolute Gasteiger partial charge is 0.491 e. The molecule has 1 atom stereocenters. The standard InChI is InChI=1S/C20H25ClN2O4S/c1-14(2)27-19-10-5-7-16(11-19)13-22-20(24)15(3)23(28(4,25)26)18-9-6-8-17(21)12-18/h5-12,14-15H,13H2,1-4H3,(H,22,24)/t15-/m1/s1. The number of anilines is 1. The van der Waals surface area contributed by atoms with Crippen LogP contribution in [0.1, 0.15) is 26.3 Å². The minimum Gasteiger partial charge on any atom is -0.491 e. The van der Waals surface area contributed by atoms with Gasteiger partial charge in [-0.05, 0) is 56.7 Å². The van der Waals surface area contributed by atoms with E-state index in [0.29, 0.717) is 16.5 Å². The van der Waals surface area contributed by atoms with E-state index in [1.54, 1.807) is 18.2 Å². The SMILES string of the molecule is CC(C)Oc1cccc(CNC(=O)[C@@H](C)N(c2cccc(Cl)c2)S(C)(=O)=O)c1. The van der Waals surface area contributed by atoms with Gasteiger partial charge in [-0.3, -0.25) is 9.10 Å². The van der Waals surface area contributed by atoms with Crippen LogP contribution in [0.25, 0.3) is 0 Å². The number of ether oxygens (including phenoxy) is 1. The molecule has 0 saturated heterocycles. The predicted molar refractivity (Wildman–Crippen MR) is 112 cm³/mol. The molecule has 0 radical (unpaired) electrons. The first-order valence-electron chi connectivity index (χ1n) is 8.86. The number of hydrogen-bond donors (Lipinski definition) is 1. The molecule has 28 heavy (non-hydrogen) atoms. The van der Waals surface area contributed by atoms with E-state index in [2.05, 4.69) is 5.32 Å². The maximum absolute atomic E-state index is 12.6. The van der Waals surface area contributed by atoms with Gasteiger partial charge in [-0.25, -0.2) is 8.42 Å². The molecule has 0 saturated carbocycles. The van der Waals surface area contributed by atoms with Crippen LogP contribution >= 0.6 is 11.6 Å². The van der Waals surface area contributed by atoms with Crippen LogP contribution < -0.4 is 14.4 Å². The average molecular weight is 425 g/mol. The molecule has 0 bridgehead atoms. The second-order valence-corrected chi connectivity index (χ2v) is 9.04. The Balaban J connectivity index is 2.13. The quantitative estimate of drug-likeness (QED) is 0.702. The number of carbonyl (C=O) groups is 1. The third-order valence-electron chi connectivity index (χ3n) is 3.89. The lowest BCUT2D eigenvalue weighted by Crippen LogP contribution is -2.47. The van der Waals surface area contributed by atoms with Crippen molar-refractivity contribution >= 4 is 33.2 Å². The molecule has 1 N–H and O–H groups in total. The highest BCUT2D eigenvalue weighted by atomic mass is 35.5. The Morgan fingerprint density at radius 2 is 1.82 bits per heavy atom. The third kappa shape index (κ3) is 6.14. The van der Waals surface area contributed by atoms with Crippen molar-refractivity contribution in [1.29, 1.82) is 0 Å². The van der Waals surface area contributed by atoms with Gasteiger partial charge in [-0.1, -0.05) is 29.8 Å². The minimum absolute atomic E-state index is 0.0471. The molecule has 0 spiro atoms. The zero-order valence-corrected chi connectivity index (χ0v) is 17.9. The highest BCUT2D eigenvalue weighted by Crippen LogP contribution is 2.24. The van der Waals surface area contributed by atoms with Gasteiger partial charge in [0.1, 0.15) is 11.8 Å². The summed E-state index contributed by atoms with van der Waals surface area (Å²) in [6, 6.07) is 12.9. The Morgan fingerprint density at radius 1 is 1.14 bits per heavy atom. The first kappa shape index (κ1) is 22.0. The predicted octanol–water partition coefficient (Wildman–Crippen LogP) is 3.60. The fourth-order valence-electron chi connectivity index (χ4n) is 2.76. The summed E-state index contributed by atoms with van der Waals surface area (Å²) >= 11 is 5.98. The van der Waals surface area contributed by atoms with Crippen LogP contribution in [0.15, 0.2) is 48.5 Å². The number of carbonyl (C=O) groups excluding carboxylic acids is 1. The normalized spacial score (nSPS) is 12.5. The van der Waals surface area contributed by atoms with Gasteiger partial charge in [0.25, 0.3) is 0 Å². The molecule has 0 aliphatic carbocycles. The van der Waals surface area contributed by atoms with Crippen molar-refractivity contribution in [2.75, 3.05) is 10.6 Å². The van der Waals surface area contributed by atoms with Crippen molar-refractivity contribution in [3.05, 3.63) is 59.1 Å². The summed E-state index contributed by atoms with van der Waals surface area (Å²) in [6.07, 6.45) is 1.11. The van der Waals surface area contributed by atoms with E-state index in [-0.39, 0.29) is 12.6 Å². The first-order chi connectivity index (χ1) is 13.1. The van der Waals surface area contributed by atoms with Crippen molar-refractivity contribution in [3.8, 4) is 5.75 Å². The molecule has 2 rings (SSSR count). The van der Waals surface area contributed by atoms with Crippen molar-refractivity contribution in [2.24, 2.45) is 0 Å². The Labute approximate surface area is 171 Å². The van der Waals surface area contributed by atoms with Gasteiger partial charge in [-0.15, -0.1) is 0 Å². The van der Waals surface area contributed by atoms with Crippen LogP contribution in [-0.4, -0.2) is 32.7 Å². The van der Waals surface area contributed by atoms with Crippen molar-refractivity contribution in [2.45, 2.75) is 39.5 Å². The summed E-state index contributed by atoms with van der Waals surface area (Å²) in [5.41, 5.74) is 1.19. The number of halogens is 1. The molecule has 0 fully saturated rings. The number of amides is 1. The van der Waals surface area contributed by atoms with Crippen LogP contribution in [-0.2, 0) is 21.4 Å². The Bertz CT molecular complexity index is 931. The number of benzene rings is 2. The highest BCUT2D eigenvalue weighted by Gasteiger charge is 2.29. The molecule has 2 aromatic carbocycles. The van der Waals surface area contributed by atoms with Gasteiger partial charge in [-0.2, -0.15) is 0 Å². The summed E-state index contributed by atoms with van der Waals surface area (Å²) in [6.45, 7) is 5.67. The fourth-order valence-corrected chi connectivity index (χ4v) is 4.11. The average Bonchev–Trinajstić information content (AvgIpc) is 2.58. The number of rotatable bonds is 8. The van der Waals surface area contributed by atoms with Crippen molar-refractivity contribution in [1.82, 2.24) is 5.32 Å². The van der Waals surface area contributed by atoms with Gasteiger partial charge in [0, 0.05) is 11.6 Å². The molecule has 152 valence electrons. The van der Waals surface area contributed by atoms with Crippen LogP contribution in [0.5, 0.6) is 5.75 Å². The second-order valence-electron chi connectivity index (χ2n) is 6.75. The molecule has 0 unspecified atom stereocenters. The van der Waals surface area contributed by atoms with Crippen molar-refractivity contribution < 1.29 is 17.9 Å². The Kier molecular flexibility index (Phi) is 7.32. The van der Waals surface area contributed by atoms with Crippen LogP contribution in [0.4, 0.5) is 5.69 Å². The molecule has 0 aliphatic heterocycles. The smallest absolute Gasteiger partial charge is 0.243 e. The van der Waals surface area contributed by atoms with E-state index in [1.807, 2.05) is 38.1 Å². The van der Waals surface area contributed by atoms with E-state index in [9.17, 15) is 13.2 Å². The maximum atomic E-state index is 12.6. The molecule has 1 amide bonds. The van der Waals surface area contributed by atoms with E-state index >= 15 is 0 Å². The molecule has 2 aromatic rings. The molecule has 0 aromatic heterocycles. The van der Waals surface area contributed by atoms with Gasteiger partial charge in [0.2, 0.25) is 15.9 Å². The Morgan fingerprint density at radius 3 is 2.43 bits per heavy atom. The van der Waals surface area contributed by atoms with E-state index in [1.165, 1.54) is 13.0 Å². The topological polar surface area (TPSA) is 75.7 Å². The minimum atomic E-state index is -3.69. The zero-order valence-electron chi connectivity index (χ0n) is 16.3. The molecular weight excluding hydrogens is 400 g/mol. The summed E-state index contributed by atoms with van der Waals surface area (Å²) in [5.74, 6) is 0.298. The molecule has 0 heterocycles. The monoisotopic (exact) mass is 424 g/mol. The lowest BCUT2D eigenvalue weighted by molar-refractivity contribution is -0.122. The zero-order chi connectivity index (χ0) is 20.9. The van der Waals surface area contributed by atoms with E-state index in [4.69, 9.17) is 16.3 Å². The van der Waals surface area contributed by atoms with E-state index < -0.39 is 22.0 Å². The van der Waals surface area contributed by atoms with E-state index in [0.717, 1.165) is 16.1 Å². The highest BCUT2D eigenvalue weighted by molar-refractivity contribution is 7.92. The lowest BCUT2D eigenvalue weighted by Gasteiger charge is -2.28. The second kappa shape index (κ2) is 9.30. The lowest BCUT2D eigenvalue weighted by atomic mass is 10.2. The maximum Gasteiger partial charge on any atom is 0.243 e. The molecular formula is C20H25ClN2O4S. The van der Waals surface area contributed by atoms with Crippen LogP contribution in [0.3, 0.4) is 0 Å².